The van der Waals surface area contributed by atoms with Crippen LogP contribution in [0.3, 0.4) is 0 Å². The van der Waals surface area contributed by atoms with Crippen molar-refractivity contribution < 1.29 is 4.79 Å². The van der Waals surface area contributed by atoms with Gasteiger partial charge in [0.05, 0.1) is 0 Å². The van der Waals surface area contributed by atoms with Crippen molar-refractivity contribution in [3.63, 3.8) is 0 Å². The zero-order chi connectivity index (χ0) is 9.68. The number of allylic oxidation sites excluding steroid dienone is 2. The Morgan fingerprint density at radius 2 is 1.92 bits per heavy atom. The van der Waals surface area contributed by atoms with Crippen LogP contribution in [0.1, 0.15) is 24.2 Å². The third-order valence-electron chi connectivity index (χ3n) is 1.78. The standard InChI is InChI=1S/C11H13NO/c1-3-9(2)12-11(13)10-7-5-4-6-8-10/h3-8H,1-2H3,(H,12,13)/b9-3+. The van der Waals surface area contributed by atoms with E-state index in [4.69, 9.17) is 0 Å². The summed E-state index contributed by atoms with van der Waals surface area (Å²) in [5.41, 5.74) is 1.55. The molecule has 0 aliphatic heterocycles. The van der Waals surface area contributed by atoms with Crippen LogP contribution < -0.4 is 5.32 Å². The summed E-state index contributed by atoms with van der Waals surface area (Å²) in [7, 11) is 0. The number of nitrogens with one attached hydrogen (secondary N) is 1. The summed E-state index contributed by atoms with van der Waals surface area (Å²) in [6.45, 7) is 3.75. The molecule has 0 saturated heterocycles. The first-order valence-electron chi connectivity index (χ1n) is 4.23. The molecule has 1 amide bonds. The summed E-state index contributed by atoms with van der Waals surface area (Å²) in [6, 6.07) is 9.16. The fourth-order valence-electron chi connectivity index (χ4n) is 0.913. The summed E-state index contributed by atoms with van der Waals surface area (Å²) in [6.07, 6.45) is 1.86. The lowest BCUT2D eigenvalue weighted by Gasteiger charge is -2.03. The van der Waals surface area contributed by atoms with E-state index in [0.29, 0.717) is 5.56 Å². The third kappa shape index (κ3) is 2.75. The minimum absolute atomic E-state index is 0.0591. The maximum atomic E-state index is 11.5. The minimum atomic E-state index is -0.0591. The molecule has 68 valence electrons. The van der Waals surface area contributed by atoms with E-state index in [1.165, 1.54) is 0 Å². The molecule has 0 atom stereocenters. The molecule has 0 heterocycles. The van der Waals surface area contributed by atoms with Gasteiger partial charge in [-0.15, -0.1) is 0 Å². The van der Waals surface area contributed by atoms with Crippen molar-refractivity contribution in [1.82, 2.24) is 5.32 Å². The van der Waals surface area contributed by atoms with Crippen LogP contribution in [0.15, 0.2) is 42.1 Å². The highest BCUT2D eigenvalue weighted by Gasteiger charge is 2.02. The van der Waals surface area contributed by atoms with Crippen LogP contribution in [0, 0.1) is 0 Å². The molecule has 0 saturated carbocycles. The molecule has 0 fully saturated rings. The smallest absolute Gasteiger partial charge is 0.255 e. The van der Waals surface area contributed by atoms with Gasteiger partial charge in [0, 0.05) is 11.3 Å². The second kappa shape index (κ2) is 4.45. The van der Waals surface area contributed by atoms with Crippen molar-refractivity contribution in [3.8, 4) is 0 Å². The van der Waals surface area contributed by atoms with Crippen LogP contribution in [-0.4, -0.2) is 5.91 Å². The maximum absolute atomic E-state index is 11.5. The highest BCUT2D eigenvalue weighted by Crippen LogP contribution is 1.99. The highest BCUT2D eigenvalue weighted by molar-refractivity contribution is 5.95. The Balaban J connectivity index is 2.70. The Labute approximate surface area is 78.3 Å². The van der Waals surface area contributed by atoms with Gasteiger partial charge >= 0.3 is 0 Å². The Hall–Kier alpha value is -1.57. The second-order valence-electron chi connectivity index (χ2n) is 2.79. The topological polar surface area (TPSA) is 29.1 Å². The highest BCUT2D eigenvalue weighted by atomic mass is 16.1. The predicted molar refractivity (Wildman–Crippen MR) is 53.3 cm³/mol. The van der Waals surface area contributed by atoms with Crippen LogP contribution in [0.2, 0.25) is 0 Å². The van der Waals surface area contributed by atoms with Gasteiger partial charge in [0.1, 0.15) is 0 Å². The minimum Gasteiger partial charge on any atom is -0.326 e. The van der Waals surface area contributed by atoms with Gasteiger partial charge in [-0.3, -0.25) is 4.79 Å². The monoisotopic (exact) mass is 175 g/mol. The Kier molecular flexibility index (Phi) is 3.26. The van der Waals surface area contributed by atoms with Crippen molar-refractivity contribution >= 4 is 5.91 Å². The van der Waals surface area contributed by atoms with Gasteiger partial charge in [-0.2, -0.15) is 0 Å². The van der Waals surface area contributed by atoms with Gasteiger partial charge in [-0.25, -0.2) is 0 Å². The first kappa shape index (κ1) is 9.52. The normalized spacial score (nSPS) is 11.1. The Bertz CT molecular complexity index is 314. The Morgan fingerprint density at radius 3 is 2.46 bits per heavy atom. The molecule has 1 aromatic carbocycles. The molecule has 0 spiro atoms. The van der Waals surface area contributed by atoms with Crippen LogP contribution in [0.25, 0.3) is 0 Å². The molecule has 0 radical (unpaired) electrons. The molecule has 2 heteroatoms. The van der Waals surface area contributed by atoms with Gasteiger partial charge in [0.15, 0.2) is 0 Å². The number of carbonyl (C=O) groups is 1. The number of rotatable bonds is 2. The molecule has 0 aromatic heterocycles. The lowest BCUT2D eigenvalue weighted by atomic mass is 10.2. The molecule has 0 unspecified atom stereocenters. The van der Waals surface area contributed by atoms with E-state index < -0.39 is 0 Å². The van der Waals surface area contributed by atoms with Gasteiger partial charge in [-0.1, -0.05) is 24.3 Å². The van der Waals surface area contributed by atoms with Crippen molar-refractivity contribution in [2.24, 2.45) is 0 Å². The number of carbonyl (C=O) groups excluding carboxylic acids is 1. The molecular weight excluding hydrogens is 162 g/mol. The maximum Gasteiger partial charge on any atom is 0.255 e. The molecule has 13 heavy (non-hydrogen) atoms. The van der Waals surface area contributed by atoms with Crippen LogP contribution in [0.4, 0.5) is 0 Å². The van der Waals surface area contributed by atoms with Gasteiger partial charge in [0.2, 0.25) is 0 Å². The van der Waals surface area contributed by atoms with Gasteiger partial charge < -0.3 is 5.32 Å². The summed E-state index contributed by atoms with van der Waals surface area (Å²) < 4.78 is 0. The van der Waals surface area contributed by atoms with Crippen molar-refractivity contribution in [3.05, 3.63) is 47.7 Å². The van der Waals surface area contributed by atoms with E-state index >= 15 is 0 Å². The predicted octanol–water partition coefficient (Wildman–Crippen LogP) is 2.34. The average molecular weight is 175 g/mol. The quantitative estimate of drug-likeness (QED) is 0.734. The van der Waals surface area contributed by atoms with Crippen molar-refractivity contribution in [2.45, 2.75) is 13.8 Å². The summed E-state index contributed by atoms with van der Waals surface area (Å²) in [4.78, 5) is 11.5. The van der Waals surface area contributed by atoms with E-state index in [2.05, 4.69) is 5.32 Å². The molecule has 2 nitrogen and oxygen atoms in total. The van der Waals surface area contributed by atoms with Crippen LogP contribution >= 0.6 is 0 Å². The summed E-state index contributed by atoms with van der Waals surface area (Å²) in [5.74, 6) is -0.0591. The molecule has 0 aliphatic rings. The molecule has 0 aliphatic carbocycles. The zero-order valence-electron chi connectivity index (χ0n) is 7.87. The van der Waals surface area contributed by atoms with Crippen molar-refractivity contribution in [2.75, 3.05) is 0 Å². The lowest BCUT2D eigenvalue weighted by Crippen LogP contribution is -2.20. The zero-order valence-corrected chi connectivity index (χ0v) is 7.87. The Morgan fingerprint density at radius 1 is 1.31 bits per heavy atom. The second-order valence-corrected chi connectivity index (χ2v) is 2.79. The summed E-state index contributed by atoms with van der Waals surface area (Å²) in [5, 5.41) is 2.77. The van der Waals surface area contributed by atoms with Crippen LogP contribution in [0.5, 0.6) is 0 Å². The SMILES string of the molecule is C/C=C(\C)NC(=O)c1ccccc1. The molecule has 1 rings (SSSR count). The number of amides is 1. The van der Waals surface area contributed by atoms with Crippen molar-refractivity contribution in [1.29, 1.82) is 0 Å². The largest absolute Gasteiger partial charge is 0.326 e. The van der Waals surface area contributed by atoms with E-state index in [1.807, 2.05) is 38.1 Å². The fourth-order valence-corrected chi connectivity index (χ4v) is 0.913. The van der Waals surface area contributed by atoms with E-state index in [0.717, 1.165) is 5.70 Å². The average Bonchev–Trinajstić information content (AvgIpc) is 2.19. The summed E-state index contributed by atoms with van der Waals surface area (Å²) >= 11 is 0. The van der Waals surface area contributed by atoms with Gasteiger partial charge in [0.25, 0.3) is 5.91 Å². The molecular formula is C11H13NO. The van der Waals surface area contributed by atoms with E-state index in [9.17, 15) is 4.79 Å². The first-order valence-corrected chi connectivity index (χ1v) is 4.23. The third-order valence-corrected chi connectivity index (χ3v) is 1.78. The fraction of sp³-hybridized carbons (Fsp3) is 0.182. The molecule has 0 bridgehead atoms. The first-order chi connectivity index (χ1) is 6.24. The van der Waals surface area contributed by atoms with E-state index in [1.54, 1.807) is 12.1 Å². The number of benzene rings is 1. The molecule has 1 aromatic rings. The van der Waals surface area contributed by atoms with E-state index in [-0.39, 0.29) is 5.91 Å². The van der Waals surface area contributed by atoms with Crippen LogP contribution in [-0.2, 0) is 0 Å². The number of hydrogen-bond donors (Lipinski definition) is 1. The lowest BCUT2D eigenvalue weighted by molar-refractivity contribution is 0.0966. The van der Waals surface area contributed by atoms with Gasteiger partial charge in [-0.05, 0) is 26.0 Å². The molecule has 1 N–H and O–H groups in total. The number of hydrogen-bond acceptors (Lipinski definition) is 1.